The van der Waals surface area contributed by atoms with Gasteiger partial charge in [0.05, 0.1) is 36.7 Å². The van der Waals surface area contributed by atoms with E-state index in [0.717, 1.165) is 32.8 Å². The predicted molar refractivity (Wildman–Crippen MR) is 127 cm³/mol. The Bertz CT molecular complexity index is 1360. The van der Waals surface area contributed by atoms with Gasteiger partial charge in [-0.1, -0.05) is 17.4 Å². The molecule has 1 aliphatic heterocycles. The summed E-state index contributed by atoms with van der Waals surface area (Å²) in [5.41, 5.74) is 3.66. The number of nitrogens with one attached hydrogen (secondary N) is 1. The summed E-state index contributed by atoms with van der Waals surface area (Å²) in [5, 5.41) is 8.48. The van der Waals surface area contributed by atoms with Gasteiger partial charge in [0.15, 0.2) is 11.5 Å². The van der Waals surface area contributed by atoms with Crippen molar-refractivity contribution in [1.82, 2.24) is 14.8 Å². The highest BCUT2D eigenvalue weighted by Gasteiger charge is 2.33. The molecule has 1 aliphatic rings. The molecule has 0 saturated carbocycles. The molecule has 5 rings (SSSR count). The van der Waals surface area contributed by atoms with Crippen molar-refractivity contribution in [2.24, 2.45) is 0 Å². The van der Waals surface area contributed by atoms with Crippen molar-refractivity contribution in [2.45, 2.75) is 26.2 Å². The van der Waals surface area contributed by atoms with Gasteiger partial charge in [-0.05, 0) is 49.7 Å². The van der Waals surface area contributed by atoms with Crippen LogP contribution in [0.5, 0.6) is 17.2 Å². The van der Waals surface area contributed by atoms with Gasteiger partial charge in [0.2, 0.25) is 11.0 Å². The Morgan fingerprint density at radius 1 is 1.15 bits per heavy atom. The fourth-order valence-electron chi connectivity index (χ4n) is 4.28. The number of anilines is 1. The molecule has 170 valence electrons. The molecule has 1 unspecified atom stereocenters. The van der Waals surface area contributed by atoms with Crippen LogP contribution in [-0.4, -0.2) is 41.5 Å². The fourth-order valence-corrected chi connectivity index (χ4v) is 5.23. The van der Waals surface area contributed by atoms with Gasteiger partial charge in [0.1, 0.15) is 11.6 Å². The monoisotopic (exact) mass is 464 g/mol. The number of benzene rings is 2. The van der Waals surface area contributed by atoms with Crippen LogP contribution in [0.3, 0.4) is 0 Å². The molecule has 1 N–H and O–H groups in total. The van der Waals surface area contributed by atoms with Crippen LogP contribution in [-0.2, 0) is 4.79 Å². The number of hydrogen-bond acceptors (Lipinski definition) is 7. The maximum absolute atomic E-state index is 12.7. The molecule has 0 spiro atoms. The van der Waals surface area contributed by atoms with E-state index in [0.29, 0.717) is 35.5 Å². The second-order valence-corrected chi connectivity index (χ2v) is 8.75. The molecule has 1 amide bonds. The summed E-state index contributed by atoms with van der Waals surface area (Å²) in [4.78, 5) is 17.5. The molecule has 2 aromatic heterocycles. The number of rotatable bonds is 6. The summed E-state index contributed by atoms with van der Waals surface area (Å²) >= 11 is 1.51. The molecule has 8 nitrogen and oxygen atoms in total. The first-order chi connectivity index (χ1) is 16.0. The molecule has 0 fully saturated rings. The normalized spacial score (nSPS) is 15.3. The van der Waals surface area contributed by atoms with Gasteiger partial charge in [-0.15, -0.1) is 0 Å². The zero-order valence-corrected chi connectivity index (χ0v) is 19.7. The van der Waals surface area contributed by atoms with E-state index in [1.54, 1.807) is 18.9 Å². The van der Waals surface area contributed by atoms with Crippen LogP contribution in [0.1, 0.15) is 36.1 Å². The quantitative estimate of drug-likeness (QED) is 0.446. The molecule has 0 saturated heterocycles. The lowest BCUT2D eigenvalue weighted by Gasteiger charge is -2.24. The van der Waals surface area contributed by atoms with E-state index in [4.69, 9.17) is 24.3 Å². The van der Waals surface area contributed by atoms with Crippen LogP contribution in [0.4, 0.5) is 5.82 Å². The number of carbonyl (C=O) groups excluding carboxylic acids is 1. The maximum Gasteiger partial charge on any atom is 0.226 e. The Labute approximate surface area is 195 Å². The summed E-state index contributed by atoms with van der Waals surface area (Å²) in [5.74, 6) is 2.52. The number of thiazole rings is 1. The van der Waals surface area contributed by atoms with Crippen molar-refractivity contribution < 1.29 is 19.0 Å². The molecular weight excluding hydrogens is 440 g/mol. The highest BCUT2D eigenvalue weighted by molar-refractivity contribution is 7.20. The van der Waals surface area contributed by atoms with Crippen LogP contribution in [0.15, 0.2) is 36.4 Å². The van der Waals surface area contributed by atoms with Crippen LogP contribution < -0.4 is 19.5 Å². The largest absolute Gasteiger partial charge is 0.494 e. The minimum Gasteiger partial charge on any atom is -0.494 e. The smallest absolute Gasteiger partial charge is 0.226 e. The van der Waals surface area contributed by atoms with E-state index in [9.17, 15) is 4.79 Å². The molecular formula is C24H24N4O4S. The van der Waals surface area contributed by atoms with Gasteiger partial charge < -0.3 is 19.5 Å². The average molecular weight is 465 g/mol. The van der Waals surface area contributed by atoms with Crippen molar-refractivity contribution in [2.75, 3.05) is 26.1 Å². The Morgan fingerprint density at radius 2 is 1.97 bits per heavy atom. The van der Waals surface area contributed by atoms with Crippen LogP contribution >= 0.6 is 11.3 Å². The molecule has 0 radical (unpaired) electrons. The van der Waals surface area contributed by atoms with Gasteiger partial charge >= 0.3 is 0 Å². The van der Waals surface area contributed by atoms with Crippen molar-refractivity contribution >= 4 is 33.3 Å². The Morgan fingerprint density at radius 3 is 2.73 bits per heavy atom. The van der Waals surface area contributed by atoms with E-state index in [2.05, 4.69) is 5.32 Å². The van der Waals surface area contributed by atoms with Gasteiger partial charge in [-0.3, -0.25) is 4.79 Å². The zero-order chi connectivity index (χ0) is 23.1. The number of aromatic nitrogens is 3. The van der Waals surface area contributed by atoms with Gasteiger partial charge in [-0.25, -0.2) is 4.98 Å². The summed E-state index contributed by atoms with van der Waals surface area (Å²) in [6.45, 7) is 4.52. The van der Waals surface area contributed by atoms with E-state index in [-0.39, 0.29) is 11.8 Å². The molecule has 3 heterocycles. The van der Waals surface area contributed by atoms with E-state index < -0.39 is 0 Å². The maximum atomic E-state index is 12.7. The zero-order valence-electron chi connectivity index (χ0n) is 18.8. The second-order valence-electron chi connectivity index (χ2n) is 7.74. The van der Waals surface area contributed by atoms with Crippen molar-refractivity contribution in [1.29, 1.82) is 0 Å². The van der Waals surface area contributed by atoms with Crippen molar-refractivity contribution in [3.63, 3.8) is 0 Å². The van der Waals surface area contributed by atoms with Crippen LogP contribution in [0, 0.1) is 6.92 Å². The van der Waals surface area contributed by atoms with Gasteiger partial charge in [-0.2, -0.15) is 9.78 Å². The van der Waals surface area contributed by atoms with E-state index in [1.165, 1.54) is 11.3 Å². The highest BCUT2D eigenvalue weighted by Crippen LogP contribution is 2.43. The number of aryl methyl sites for hydroxylation is 1. The fraction of sp³-hybridized carbons (Fsp3) is 0.292. The number of carbonyl (C=O) groups is 1. The first-order valence-electron chi connectivity index (χ1n) is 10.7. The molecule has 2 aromatic carbocycles. The number of methoxy groups -OCH3 is 2. The third kappa shape index (κ3) is 3.68. The number of ether oxygens (including phenoxy) is 3. The molecule has 9 heteroatoms. The Kier molecular flexibility index (Phi) is 5.41. The van der Waals surface area contributed by atoms with Crippen molar-refractivity contribution in [3.8, 4) is 22.4 Å². The molecule has 0 bridgehead atoms. The standard InChI is InChI=1S/C24H24N4O4S/c1-5-32-15-7-8-17-20(11-15)33-24(25-17)28-23-22(13(2)27-28)16(12-21(29)26-23)14-6-9-18(30-3)19(10-14)31-4/h6-11,16H,5,12H2,1-4H3,(H,26,29). The van der Waals surface area contributed by atoms with Crippen LogP contribution in [0.2, 0.25) is 0 Å². The van der Waals surface area contributed by atoms with E-state index in [1.807, 2.05) is 50.2 Å². The Hall–Kier alpha value is -3.59. The third-order valence-corrected chi connectivity index (χ3v) is 6.75. The second kappa shape index (κ2) is 8.40. The lowest BCUT2D eigenvalue weighted by atomic mass is 9.85. The number of amides is 1. The predicted octanol–water partition coefficient (Wildman–Crippen LogP) is 4.68. The minimum absolute atomic E-state index is 0.0665. The molecule has 1 atom stereocenters. The summed E-state index contributed by atoms with van der Waals surface area (Å²) < 4.78 is 19.2. The highest BCUT2D eigenvalue weighted by atomic mass is 32.1. The summed E-state index contributed by atoms with van der Waals surface area (Å²) in [7, 11) is 3.21. The van der Waals surface area contributed by atoms with Gasteiger partial charge in [0.25, 0.3) is 0 Å². The molecule has 0 aliphatic carbocycles. The SMILES string of the molecule is CCOc1ccc2nc(-n3nc(C)c4c3NC(=O)CC4c3ccc(OC)c(OC)c3)sc2c1. The first kappa shape index (κ1) is 21.3. The van der Waals surface area contributed by atoms with E-state index >= 15 is 0 Å². The minimum atomic E-state index is -0.152. The number of hydrogen-bond donors (Lipinski definition) is 1. The summed E-state index contributed by atoms with van der Waals surface area (Å²) in [6, 6.07) is 11.6. The number of fused-ring (bicyclic) bond motifs is 2. The first-order valence-corrected chi connectivity index (χ1v) is 11.5. The lowest BCUT2D eigenvalue weighted by Crippen LogP contribution is -2.25. The average Bonchev–Trinajstić information content (AvgIpc) is 3.38. The topological polar surface area (TPSA) is 87.5 Å². The Balaban J connectivity index is 1.60. The summed E-state index contributed by atoms with van der Waals surface area (Å²) in [6.07, 6.45) is 0.326. The third-order valence-electron chi connectivity index (χ3n) is 5.75. The molecule has 4 aromatic rings. The van der Waals surface area contributed by atoms with Crippen LogP contribution in [0.25, 0.3) is 15.3 Å². The lowest BCUT2D eigenvalue weighted by molar-refractivity contribution is -0.116. The number of nitrogens with zero attached hydrogens (tertiary/aromatic N) is 3. The van der Waals surface area contributed by atoms with Crippen molar-refractivity contribution in [3.05, 3.63) is 53.2 Å². The van der Waals surface area contributed by atoms with Gasteiger partial charge in [0, 0.05) is 17.9 Å². The molecule has 33 heavy (non-hydrogen) atoms.